The van der Waals surface area contributed by atoms with Crippen LogP contribution >= 0.6 is 41.8 Å². The summed E-state index contributed by atoms with van der Waals surface area (Å²) in [6.45, 7) is 3.53. The van der Waals surface area contributed by atoms with Crippen LogP contribution in [-0.4, -0.2) is 37.7 Å². The molecule has 1 aliphatic rings. The number of morpholine rings is 1. The third-order valence-corrected chi connectivity index (χ3v) is 9.49. The number of halogens is 2. The first-order chi connectivity index (χ1) is 16.5. The fourth-order valence-electron chi connectivity index (χ4n) is 3.82. The fraction of sp³-hybridized carbons (Fsp3) is 0.231. The quantitative estimate of drug-likeness (QED) is 0.290. The van der Waals surface area contributed by atoms with E-state index >= 15 is 0 Å². The molecule has 2 heterocycles. The normalized spacial score (nSPS) is 17.0. The molecule has 1 fully saturated rings. The monoisotopic (exact) mass is 532 g/mol. The summed E-state index contributed by atoms with van der Waals surface area (Å²) in [6, 6.07) is 23.3. The SMILES string of the molecule is O=P(/C=C(\Cl)c1ccccc1)(/C=C(\Cl)c1ccccc1)NC[C@H](c1cccs1)N1CCOCC1. The van der Waals surface area contributed by atoms with Gasteiger partial charge in [0.2, 0.25) is 0 Å². The van der Waals surface area contributed by atoms with Crippen LogP contribution < -0.4 is 5.09 Å². The predicted octanol–water partition coefficient (Wildman–Crippen LogP) is 7.46. The largest absolute Gasteiger partial charge is 0.379 e. The van der Waals surface area contributed by atoms with E-state index < -0.39 is 7.29 Å². The molecule has 0 aliphatic carbocycles. The van der Waals surface area contributed by atoms with Crippen molar-refractivity contribution in [2.75, 3.05) is 32.8 Å². The molecule has 0 saturated carbocycles. The number of nitrogens with one attached hydrogen (secondary N) is 1. The molecule has 0 bridgehead atoms. The van der Waals surface area contributed by atoms with Crippen molar-refractivity contribution >= 4 is 51.9 Å². The maximum Gasteiger partial charge on any atom is 0.193 e. The molecule has 4 nitrogen and oxygen atoms in total. The Morgan fingerprint density at radius 3 is 2.00 bits per heavy atom. The van der Waals surface area contributed by atoms with Crippen LogP contribution in [0, 0.1) is 0 Å². The van der Waals surface area contributed by atoms with Crippen LogP contribution in [0.5, 0.6) is 0 Å². The van der Waals surface area contributed by atoms with E-state index in [4.69, 9.17) is 27.9 Å². The second-order valence-electron chi connectivity index (χ2n) is 7.94. The second-order valence-corrected chi connectivity index (χ2v) is 12.0. The highest BCUT2D eigenvalue weighted by molar-refractivity contribution is 7.68. The Balaban J connectivity index is 1.65. The van der Waals surface area contributed by atoms with Crippen molar-refractivity contribution in [3.05, 3.63) is 106 Å². The Morgan fingerprint density at radius 2 is 1.50 bits per heavy atom. The van der Waals surface area contributed by atoms with Gasteiger partial charge in [-0.15, -0.1) is 11.3 Å². The van der Waals surface area contributed by atoms with Crippen LogP contribution in [0.2, 0.25) is 0 Å². The number of ether oxygens (including phenoxy) is 1. The molecular weight excluding hydrogens is 506 g/mol. The molecule has 1 N–H and O–H groups in total. The van der Waals surface area contributed by atoms with E-state index in [0.717, 1.165) is 24.2 Å². The first-order valence-electron chi connectivity index (χ1n) is 11.1. The summed E-state index contributed by atoms with van der Waals surface area (Å²) in [5.74, 6) is 3.22. The van der Waals surface area contributed by atoms with E-state index in [9.17, 15) is 4.57 Å². The zero-order chi connectivity index (χ0) is 23.8. The molecule has 0 radical (unpaired) electrons. The minimum atomic E-state index is -3.26. The van der Waals surface area contributed by atoms with Gasteiger partial charge in [0.25, 0.3) is 0 Å². The van der Waals surface area contributed by atoms with Gasteiger partial charge in [0, 0.05) is 36.1 Å². The molecular formula is C26H27Cl2N2O2PS. The standard InChI is InChI=1S/C26H27Cl2N2O2PS/c27-23(21-8-3-1-4-9-21)19-33(31,20-24(28)22-10-5-2-6-11-22)29-18-25(26-12-7-17-34-26)30-13-15-32-16-14-30/h1-12,17,19-20,25H,13-16,18H2,(H,29,31)/b23-19-,24-20-/t25-/m1/s1. The molecule has 1 saturated heterocycles. The molecule has 2 aromatic carbocycles. The highest BCUT2D eigenvalue weighted by atomic mass is 35.5. The van der Waals surface area contributed by atoms with Gasteiger partial charge in [0.1, 0.15) is 0 Å². The highest BCUT2D eigenvalue weighted by Gasteiger charge is 2.27. The highest BCUT2D eigenvalue weighted by Crippen LogP contribution is 2.50. The lowest BCUT2D eigenvalue weighted by atomic mass is 10.2. The summed E-state index contributed by atoms with van der Waals surface area (Å²) < 4.78 is 19.8. The molecule has 1 aromatic heterocycles. The smallest absolute Gasteiger partial charge is 0.193 e. The number of hydrogen-bond donors (Lipinski definition) is 1. The van der Waals surface area contributed by atoms with Crippen molar-refractivity contribution in [1.82, 2.24) is 9.99 Å². The van der Waals surface area contributed by atoms with Crippen molar-refractivity contribution in [3.8, 4) is 0 Å². The minimum absolute atomic E-state index is 0.0741. The third-order valence-electron chi connectivity index (χ3n) is 5.60. The van der Waals surface area contributed by atoms with Crippen LogP contribution in [0.3, 0.4) is 0 Å². The Hall–Kier alpha value is -1.69. The Morgan fingerprint density at radius 1 is 0.941 bits per heavy atom. The lowest BCUT2D eigenvalue weighted by Crippen LogP contribution is -2.42. The van der Waals surface area contributed by atoms with Crippen LogP contribution in [0.25, 0.3) is 10.1 Å². The summed E-state index contributed by atoms with van der Waals surface area (Å²) in [6.07, 6.45) is 0. The average Bonchev–Trinajstić information content (AvgIpc) is 3.40. The van der Waals surface area contributed by atoms with E-state index in [1.807, 2.05) is 66.7 Å². The second kappa shape index (κ2) is 12.3. The van der Waals surface area contributed by atoms with Gasteiger partial charge in [-0.1, -0.05) is 89.9 Å². The maximum absolute atomic E-state index is 14.3. The van der Waals surface area contributed by atoms with Gasteiger partial charge >= 0.3 is 0 Å². The third kappa shape index (κ3) is 6.93. The number of rotatable bonds is 9. The minimum Gasteiger partial charge on any atom is -0.379 e. The number of thiophene rings is 1. The van der Waals surface area contributed by atoms with E-state index in [2.05, 4.69) is 21.4 Å². The number of nitrogens with zero attached hydrogens (tertiary/aromatic N) is 1. The van der Waals surface area contributed by atoms with Gasteiger partial charge < -0.3 is 4.74 Å². The summed E-state index contributed by atoms with van der Waals surface area (Å²) in [4.78, 5) is 3.59. The van der Waals surface area contributed by atoms with E-state index in [0.29, 0.717) is 29.8 Å². The first-order valence-corrected chi connectivity index (χ1v) is 14.6. The molecule has 0 spiro atoms. The Bertz CT molecular complexity index is 1090. The Labute approximate surface area is 215 Å². The van der Waals surface area contributed by atoms with Crippen LogP contribution in [0.4, 0.5) is 0 Å². The first kappa shape index (κ1) is 25.4. The zero-order valence-electron chi connectivity index (χ0n) is 18.6. The molecule has 34 heavy (non-hydrogen) atoms. The lowest BCUT2D eigenvalue weighted by molar-refractivity contribution is 0.0179. The summed E-state index contributed by atoms with van der Waals surface area (Å²) in [5, 5.41) is 6.25. The molecule has 0 unspecified atom stereocenters. The molecule has 8 heteroatoms. The van der Waals surface area contributed by atoms with Gasteiger partial charge in [0.15, 0.2) is 7.29 Å². The van der Waals surface area contributed by atoms with Crippen molar-refractivity contribution in [3.63, 3.8) is 0 Å². The fourth-order valence-corrected chi connectivity index (χ4v) is 7.49. The van der Waals surface area contributed by atoms with E-state index in [1.165, 1.54) is 4.88 Å². The molecule has 1 atom stereocenters. The van der Waals surface area contributed by atoms with Crippen LogP contribution in [0.1, 0.15) is 22.0 Å². The summed E-state index contributed by atoms with van der Waals surface area (Å²) in [5.41, 5.74) is 1.61. The average molecular weight is 533 g/mol. The molecule has 4 rings (SSSR count). The van der Waals surface area contributed by atoms with Crippen LogP contribution in [0.15, 0.2) is 89.8 Å². The van der Waals surface area contributed by atoms with Crippen molar-refractivity contribution in [1.29, 1.82) is 0 Å². The van der Waals surface area contributed by atoms with Crippen molar-refractivity contribution < 1.29 is 9.30 Å². The summed E-state index contributed by atoms with van der Waals surface area (Å²) in [7, 11) is -3.26. The molecule has 0 amide bonds. The number of hydrogen-bond acceptors (Lipinski definition) is 4. The molecule has 178 valence electrons. The summed E-state index contributed by atoms with van der Waals surface area (Å²) >= 11 is 15.0. The predicted molar refractivity (Wildman–Crippen MR) is 146 cm³/mol. The molecule has 3 aromatic rings. The molecule has 1 aliphatic heterocycles. The van der Waals surface area contributed by atoms with E-state index in [1.54, 1.807) is 23.0 Å². The zero-order valence-corrected chi connectivity index (χ0v) is 21.9. The number of benzene rings is 2. The lowest BCUT2D eigenvalue weighted by Gasteiger charge is -2.34. The topological polar surface area (TPSA) is 41.6 Å². The maximum atomic E-state index is 14.3. The van der Waals surface area contributed by atoms with Gasteiger partial charge in [-0.3, -0.25) is 14.6 Å². The van der Waals surface area contributed by atoms with Gasteiger partial charge in [-0.25, -0.2) is 0 Å². The van der Waals surface area contributed by atoms with Gasteiger partial charge in [0.05, 0.1) is 29.3 Å². The van der Waals surface area contributed by atoms with Crippen LogP contribution in [-0.2, 0) is 9.30 Å². The van der Waals surface area contributed by atoms with Crippen molar-refractivity contribution in [2.24, 2.45) is 0 Å². The van der Waals surface area contributed by atoms with Crippen molar-refractivity contribution in [2.45, 2.75) is 6.04 Å². The van der Waals surface area contributed by atoms with Gasteiger partial charge in [-0.05, 0) is 22.6 Å². The van der Waals surface area contributed by atoms with E-state index in [-0.39, 0.29) is 6.04 Å². The van der Waals surface area contributed by atoms with Gasteiger partial charge in [-0.2, -0.15) is 0 Å². The Kier molecular flexibility index (Phi) is 9.21.